The number of hydrogen-bond donors (Lipinski definition) is 2. The number of hydrogen-bond acceptors (Lipinski definition) is 5. The van der Waals surface area contributed by atoms with E-state index in [0.29, 0.717) is 11.3 Å². The van der Waals surface area contributed by atoms with Gasteiger partial charge in [-0.05, 0) is 54.8 Å². The van der Waals surface area contributed by atoms with Gasteiger partial charge in [-0.25, -0.2) is 17.6 Å². The number of alkyl carbamates (subject to hydrolysis) is 1. The van der Waals surface area contributed by atoms with E-state index >= 15 is 0 Å². The molecule has 0 fully saturated rings. The second-order valence-electron chi connectivity index (χ2n) is 6.70. The molecule has 0 aromatic heterocycles. The first-order chi connectivity index (χ1) is 13.6. The number of carbonyl (C=O) groups is 2. The summed E-state index contributed by atoms with van der Waals surface area (Å²) in [6, 6.07) is 9.84. The lowest BCUT2D eigenvalue weighted by molar-refractivity contribution is 0.102. The molecular weight excluding hydrogens is 431 g/mol. The molecule has 2 amide bonds. The van der Waals surface area contributed by atoms with E-state index in [1.165, 1.54) is 49.6 Å². The summed E-state index contributed by atoms with van der Waals surface area (Å²) in [5.74, 6) is -1.46. The molecule has 0 unspecified atom stereocenters. The van der Waals surface area contributed by atoms with E-state index in [2.05, 4.69) is 15.4 Å². The van der Waals surface area contributed by atoms with Crippen LogP contribution in [0.25, 0.3) is 0 Å². The van der Waals surface area contributed by atoms with Gasteiger partial charge in [0.2, 0.25) is 0 Å². The van der Waals surface area contributed by atoms with Gasteiger partial charge in [-0.3, -0.25) is 4.79 Å². The standard InChI is InChI=1S/C20H23FN2O5S.H2S/c1-13(11-22-20(25)28-3)12-29(26,27)17-6-4-5-15(10-17)19(24)23-16-7-8-18(21)14(2)9-16;/h4-10,13H,11-12H2,1-3H3,(H,22,25)(H,23,24);1H2/t13-;/m0./s1. The van der Waals surface area contributed by atoms with Crippen LogP contribution in [0.3, 0.4) is 0 Å². The number of aryl methyl sites for hydroxylation is 1. The summed E-state index contributed by atoms with van der Waals surface area (Å²) in [7, 11) is -2.45. The Morgan fingerprint density at radius 3 is 2.50 bits per heavy atom. The van der Waals surface area contributed by atoms with Crippen molar-refractivity contribution in [2.24, 2.45) is 5.92 Å². The maximum absolute atomic E-state index is 13.4. The Hall–Kier alpha value is -2.59. The van der Waals surface area contributed by atoms with Gasteiger partial charge in [0.05, 0.1) is 17.8 Å². The lowest BCUT2D eigenvalue weighted by Crippen LogP contribution is -2.31. The molecule has 2 N–H and O–H groups in total. The van der Waals surface area contributed by atoms with Crippen molar-refractivity contribution in [2.75, 3.05) is 24.7 Å². The highest BCUT2D eigenvalue weighted by Crippen LogP contribution is 2.18. The van der Waals surface area contributed by atoms with E-state index in [-0.39, 0.29) is 48.0 Å². The van der Waals surface area contributed by atoms with Crippen molar-refractivity contribution in [1.29, 1.82) is 0 Å². The van der Waals surface area contributed by atoms with Gasteiger partial charge in [0.15, 0.2) is 9.84 Å². The molecule has 0 aliphatic heterocycles. The van der Waals surface area contributed by atoms with Gasteiger partial charge in [0.25, 0.3) is 5.91 Å². The Morgan fingerprint density at radius 1 is 1.17 bits per heavy atom. The van der Waals surface area contributed by atoms with Gasteiger partial charge < -0.3 is 15.4 Å². The van der Waals surface area contributed by atoms with Gasteiger partial charge in [-0.1, -0.05) is 13.0 Å². The average molecular weight is 457 g/mol. The number of methoxy groups -OCH3 is 1. The highest BCUT2D eigenvalue weighted by molar-refractivity contribution is 7.91. The van der Waals surface area contributed by atoms with Crippen molar-refractivity contribution in [2.45, 2.75) is 18.7 Å². The van der Waals surface area contributed by atoms with Crippen LogP contribution in [0.15, 0.2) is 47.4 Å². The van der Waals surface area contributed by atoms with Crippen LogP contribution < -0.4 is 10.6 Å². The van der Waals surface area contributed by atoms with Crippen molar-refractivity contribution in [1.82, 2.24) is 5.32 Å². The quantitative estimate of drug-likeness (QED) is 0.666. The summed E-state index contributed by atoms with van der Waals surface area (Å²) < 4.78 is 43.1. The Morgan fingerprint density at radius 2 is 1.87 bits per heavy atom. The van der Waals surface area contributed by atoms with E-state index in [0.717, 1.165) is 0 Å². The maximum Gasteiger partial charge on any atom is 0.406 e. The monoisotopic (exact) mass is 456 g/mol. The summed E-state index contributed by atoms with van der Waals surface area (Å²) in [6.07, 6.45) is -0.635. The number of carbonyl (C=O) groups excluding carboxylic acids is 2. The summed E-state index contributed by atoms with van der Waals surface area (Å²) >= 11 is 0. The SMILES string of the molecule is COC(=O)NC[C@H](C)CS(=O)(=O)c1cccc(C(=O)Nc2ccc(F)c(C)c2)c1.S. The smallest absolute Gasteiger partial charge is 0.406 e. The summed E-state index contributed by atoms with van der Waals surface area (Å²) in [5.41, 5.74) is 0.951. The molecule has 0 heterocycles. The lowest BCUT2D eigenvalue weighted by Gasteiger charge is -2.13. The van der Waals surface area contributed by atoms with E-state index < -0.39 is 21.8 Å². The van der Waals surface area contributed by atoms with Crippen LogP contribution in [-0.4, -0.2) is 39.8 Å². The molecule has 0 spiro atoms. The van der Waals surface area contributed by atoms with Gasteiger partial charge in [-0.2, -0.15) is 13.5 Å². The number of rotatable bonds is 7. The summed E-state index contributed by atoms with van der Waals surface area (Å²) in [5, 5.41) is 5.08. The number of ether oxygens (including phenoxy) is 1. The molecule has 30 heavy (non-hydrogen) atoms. The third-order valence-electron chi connectivity index (χ3n) is 4.16. The number of nitrogens with one attached hydrogen (secondary N) is 2. The average Bonchev–Trinajstić information content (AvgIpc) is 2.68. The third kappa shape index (κ3) is 7.03. The van der Waals surface area contributed by atoms with Crippen LogP contribution in [0.4, 0.5) is 14.9 Å². The molecule has 0 saturated carbocycles. The van der Waals surface area contributed by atoms with Crippen LogP contribution in [-0.2, 0) is 14.6 Å². The van der Waals surface area contributed by atoms with E-state index in [9.17, 15) is 22.4 Å². The summed E-state index contributed by atoms with van der Waals surface area (Å²) in [6.45, 7) is 3.39. The van der Waals surface area contributed by atoms with Crippen molar-refractivity contribution in [3.05, 3.63) is 59.4 Å². The molecule has 10 heteroatoms. The Bertz CT molecular complexity index is 1010. The molecule has 2 rings (SSSR count). The van der Waals surface area contributed by atoms with Gasteiger partial charge in [-0.15, -0.1) is 0 Å². The second kappa shape index (κ2) is 11.0. The normalized spacial score (nSPS) is 11.7. The topological polar surface area (TPSA) is 102 Å². The molecule has 164 valence electrons. The van der Waals surface area contributed by atoms with Crippen molar-refractivity contribution < 1.29 is 27.1 Å². The fourth-order valence-electron chi connectivity index (χ4n) is 2.62. The predicted octanol–water partition coefficient (Wildman–Crippen LogP) is 3.27. The fourth-order valence-corrected chi connectivity index (χ4v) is 4.27. The number of amides is 2. The minimum atomic E-state index is -3.68. The zero-order chi connectivity index (χ0) is 21.6. The molecule has 0 aliphatic carbocycles. The Kier molecular flexibility index (Phi) is 9.31. The first-order valence-corrected chi connectivity index (χ1v) is 10.5. The predicted molar refractivity (Wildman–Crippen MR) is 118 cm³/mol. The van der Waals surface area contributed by atoms with Gasteiger partial charge in [0, 0.05) is 17.8 Å². The molecule has 0 saturated heterocycles. The Balaban J connectivity index is 0.00000450. The zero-order valence-corrected chi connectivity index (χ0v) is 18.7. The van der Waals surface area contributed by atoms with Crippen LogP contribution in [0.5, 0.6) is 0 Å². The molecule has 0 aliphatic rings. The first-order valence-electron chi connectivity index (χ1n) is 8.84. The molecule has 0 bridgehead atoms. The minimum absolute atomic E-state index is 0. The largest absolute Gasteiger partial charge is 0.453 e. The van der Waals surface area contributed by atoms with E-state index in [1.54, 1.807) is 13.8 Å². The highest BCUT2D eigenvalue weighted by Gasteiger charge is 2.20. The fraction of sp³-hybridized carbons (Fsp3) is 0.300. The first kappa shape index (κ1) is 25.4. The number of halogens is 1. The van der Waals surface area contributed by atoms with Crippen LogP contribution in [0.2, 0.25) is 0 Å². The Labute approximate surface area is 182 Å². The van der Waals surface area contributed by atoms with Crippen LogP contribution in [0.1, 0.15) is 22.8 Å². The van der Waals surface area contributed by atoms with Crippen molar-refractivity contribution in [3.8, 4) is 0 Å². The van der Waals surface area contributed by atoms with Crippen molar-refractivity contribution in [3.63, 3.8) is 0 Å². The number of sulfone groups is 1. The molecule has 7 nitrogen and oxygen atoms in total. The third-order valence-corrected chi connectivity index (χ3v) is 6.14. The lowest BCUT2D eigenvalue weighted by atomic mass is 10.2. The van der Waals surface area contributed by atoms with Gasteiger partial charge >= 0.3 is 6.09 Å². The maximum atomic E-state index is 13.4. The molecular formula is C20H25FN2O5S2. The van der Waals surface area contributed by atoms with Crippen molar-refractivity contribution >= 4 is 41.0 Å². The molecule has 2 aromatic carbocycles. The van der Waals surface area contributed by atoms with E-state index in [4.69, 9.17) is 0 Å². The second-order valence-corrected chi connectivity index (χ2v) is 8.74. The molecule has 2 aromatic rings. The zero-order valence-electron chi connectivity index (χ0n) is 16.9. The summed E-state index contributed by atoms with van der Waals surface area (Å²) in [4.78, 5) is 23.6. The molecule has 0 radical (unpaired) electrons. The number of benzene rings is 2. The van der Waals surface area contributed by atoms with E-state index in [1.807, 2.05) is 0 Å². The van der Waals surface area contributed by atoms with Gasteiger partial charge in [0.1, 0.15) is 5.82 Å². The van der Waals surface area contributed by atoms with Crippen LogP contribution in [0, 0.1) is 18.7 Å². The molecule has 1 atom stereocenters. The highest BCUT2D eigenvalue weighted by atomic mass is 32.2. The van der Waals surface area contributed by atoms with Crippen LogP contribution >= 0.6 is 13.5 Å². The number of anilines is 1. The minimum Gasteiger partial charge on any atom is -0.453 e.